The molecule has 0 spiro atoms. The summed E-state index contributed by atoms with van der Waals surface area (Å²) in [5.41, 5.74) is 8.62. The minimum Gasteiger partial charge on any atom is -0.326 e. The van der Waals surface area contributed by atoms with E-state index in [1.54, 1.807) is 0 Å². The van der Waals surface area contributed by atoms with E-state index in [-0.39, 0.29) is 0 Å². The Morgan fingerprint density at radius 3 is 1.75 bits per heavy atom. The topological polar surface area (TPSA) is 26.0 Å². The van der Waals surface area contributed by atoms with Crippen LogP contribution in [0, 0.1) is 11.3 Å². The first kappa shape index (κ1) is 19.2. The van der Waals surface area contributed by atoms with E-state index >= 15 is 0 Å². The second-order valence-electron chi connectivity index (χ2n) is 7.20. The van der Waals surface area contributed by atoms with E-state index in [1.165, 1.54) is 24.0 Å². The number of benzene rings is 1. The van der Waals surface area contributed by atoms with E-state index in [0.717, 1.165) is 5.92 Å². The largest absolute Gasteiger partial charge is 0.326 e. The van der Waals surface area contributed by atoms with Gasteiger partial charge >= 0.3 is 0 Å². The van der Waals surface area contributed by atoms with Crippen molar-refractivity contribution >= 4 is 0 Å². The van der Waals surface area contributed by atoms with Crippen LogP contribution in [0.1, 0.15) is 78.4 Å². The first-order valence-corrected chi connectivity index (χ1v) is 8.05. The Kier molecular flexibility index (Phi) is 8.80. The molecule has 0 saturated carbocycles. The molecule has 1 nitrogen and oxygen atoms in total. The van der Waals surface area contributed by atoms with Crippen LogP contribution in [0.25, 0.3) is 0 Å². The van der Waals surface area contributed by atoms with Gasteiger partial charge in [-0.25, -0.2) is 0 Å². The zero-order valence-corrected chi connectivity index (χ0v) is 14.7. The lowest BCUT2D eigenvalue weighted by Gasteiger charge is -2.32. The molecule has 1 aromatic carbocycles. The van der Waals surface area contributed by atoms with E-state index in [9.17, 15) is 0 Å². The van der Waals surface area contributed by atoms with Crippen LogP contribution in [0.5, 0.6) is 0 Å². The lowest BCUT2D eigenvalue weighted by Crippen LogP contribution is -2.20. The average molecular weight is 277 g/mol. The molecule has 1 rings (SSSR count). The maximum Gasteiger partial charge on any atom is 0.0178 e. The molecule has 1 atom stereocenters. The zero-order valence-electron chi connectivity index (χ0n) is 14.7. The normalized spacial score (nSPS) is 12.8. The Bertz CT molecular complexity index is 343. The van der Waals surface area contributed by atoms with Crippen molar-refractivity contribution in [2.75, 3.05) is 0 Å². The monoisotopic (exact) mass is 277 g/mol. The number of hydrogen-bond acceptors (Lipinski definition) is 1. The molecule has 1 aromatic rings. The molecule has 0 aliphatic rings. The molecular formula is C19H35N. The standard InChI is InChI=1S/C16H27N.C3H8/c1-12(2)10-15(16(3,4)5)14-8-6-13(11-17)7-9-14;1-3-2/h6-9,12,15H,10-11,17H2,1-5H3;3H2,1-2H3. The van der Waals surface area contributed by atoms with Crippen LogP contribution in [0.3, 0.4) is 0 Å². The van der Waals surface area contributed by atoms with Crippen molar-refractivity contribution in [1.29, 1.82) is 0 Å². The van der Waals surface area contributed by atoms with Crippen LogP contribution in [0.2, 0.25) is 0 Å². The summed E-state index contributed by atoms with van der Waals surface area (Å²) in [6.07, 6.45) is 2.49. The predicted octanol–water partition coefficient (Wildman–Crippen LogP) is 5.74. The number of nitrogens with two attached hydrogens (primary N) is 1. The highest BCUT2D eigenvalue weighted by Crippen LogP contribution is 2.39. The summed E-state index contributed by atoms with van der Waals surface area (Å²) in [4.78, 5) is 0. The van der Waals surface area contributed by atoms with Crippen LogP contribution in [-0.4, -0.2) is 0 Å². The molecular weight excluding hydrogens is 242 g/mol. The van der Waals surface area contributed by atoms with Crippen molar-refractivity contribution in [3.05, 3.63) is 35.4 Å². The molecule has 0 radical (unpaired) electrons. The van der Waals surface area contributed by atoms with Crippen LogP contribution >= 0.6 is 0 Å². The van der Waals surface area contributed by atoms with E-state index in [2.05, 4.69) is 72.7 Å². The quantitative estimate of drug-likeness (QED) is 0.746. The molecule has 0 saturated heterocycles. The minimum atomic E-state index is 0.314. The third-order valence-corrected chi connectivity index (χ3v) is 3.37. The predicted molar refractivity (Wildman–Crippen MR) is 91.9 cm³/mol. The fourth-order valence-electron chi connectivity index (χ4n) is 2.35. The van der Waals surface area contributed by atoms with Crippen molar-refractivity contribution in [3.63, 3.8) is 0 Å². The molecule has 116 valence electrons. The highest BCUT2D eigenvalue weighted by Gasteiger charge is 2.26. The molecule has 1 unspecified atom stereocenters. The highest BCUT2D eigenvalue weighted by molar-refractivity contribution is 5.26. The molecule has 0 heterocycles. The fraction of sp³-hybridized carbons (Fsp3) is 0.684. The lowest BCUT2D eigenvalue weighted by molar-refractivity contribution is 0.280. The zero-order chi connectivity index (χ0) is 15.8. The van der Waals surface area contributed by atoms with Gasteiger partial charge in [-0.05, 0) is 34.8 Å². The Balaban J connectivity index is 0.00000110. The smallest absolute Gasteiger partial charge is 0.0178 e. The van der Waals surface area contributed by atoms with Gasteiger partial charge in [0.1, 0.15) is 0 Å². The van der Waals surface area contributed by atoms with Crippen molar-refractivity contribution in [3.8, 4) is 0 Å². The Morgan fingerprint density at radius 1 is 1.00 bits per heavy atom. The summed E-state index contributed by atoms with van der Waals surface area (Å²) < 4.78 is 0. The number of hydrogen-bond donors (Lipinski definition) is 1. The fourth-order valence-corrected chi connectivity index (χ4v) is 2.35. The van der Waals surface area contributed by atoms with E-state index in [4.69, 9.17) is 5.73 Å². The second kappa shape index (κ2) is 9.18. The van der Waals surface area contributed by atoms with Crippen molar-refractivity contribution in [2.24, 2.45) is 17.1 Å². The molecule has 2 N–H and O–H groups in total. The summed E-state index contributed by atoms with van der Waals surface area (Å²) in [7, 11) is 0. The molecule has 0 fully saturated rings. The van der Waals surface area contributed by atoms with Gasteiger partial charge in [0.15, 0.2) is 0 Å². The summed E-state index contributed by atoms with van der Waals surface area (Å²) in [6.45, 7) is 16.5. The molecule has 0 amide bonds. The van der Waals surface area contributed by atoms with Gasteiger partial charge in [-0.3, -0.25) is 0 Å². The van der Waals surface area contributed by atoms with Crippen LogP contribution in [-0.2, 0) is 6.54 Å². The van der Waals surface area contributed by atoms with Crippen molar-refractivity contribution in [1.82, 2.24) is 0 Å². The van der Waals surface area contributed by atoms with Crippen LogP contribution in [0.15, 0.2) is 24.3 Å². The van der Waals surface area contributed by atoms with Gasteiger partial charge in [0.05, 0.1) is 0 Å². The molecule has 0 aromatic heterocycles. The van der Waals surface area contributed by atoms with Crippen LogP contribution in [0.4, 0.5) is 0 Å². The van der Waals surface area contributed by atoms with E-state index < -0.39 is 0 Å². The Hall–Kier alpha value is -0.820. The van der Waals surface area contributed by atoms with Gasteiger partial charge in [-0.2, -0.15) is 0 Å². The van der Waals surface area contributed by atoms with E-state index in [0.29, 0.717) is 17.9 Å². The molecule has 0 aliphatic carbocycles. The molecule has 0 aliphatic heterocycles. The number of rotatable bonds is 4. The second-order valence-corrected chi connectivity index (χ2v) is 7.20. The van der Waals surface area contributed by atoms with Gasteiger partial charge in [0.25, 0.3) is 0 Å². The van der Waals surface area contributed by atoms with Gasteiger partial charge < -0.3 is 5.73 Å². The van der Waals surface area contributed by atoms with Crippen LogP contribution < -0.4 is 5.73 Å². The maximum absolute atomic E-state index is 5.64. The first-order valence-electron chi connectivity index (χ1n) is 8.05. The SMILES string of the molecule is CC(C)CC(c1ccc(CN)cc1)C(C)(C)C.CCC. The minimum absolute atomic E-state index is 0.314. The third-order valence-electron chi connectivity index (χ3n) is 3.37. The highest BCUT2D eigenvalue weighted by atomic mass is 14.5. The first-order chi connectivity index (χ1) is 9.26. The summed E-state index contributed by atoms with van der Waals surface area (Å²) in [6, 6.07) is 8.82. The van der Waals surface area contributed by atoms with Gasteiger partial charge in [0.2, 0.25) is 0 Å². The Morgan fingerprint density at radius 2 is 1.45 bits per heavy atom. The summed E-state index contributed by atoms with van der Waals surface area (Å²) in [5.74, 6) is 1.35. The van der Waals surface area contributed by atoms with Gasteiger partial charge in [0, 0.05) is 6.54 Å². The summed E-state index contributed by atoms with van der Waals surface area (Å²) in [5, 5.41) is 0. The molecule has 20 heavy (non-hydrogen) atoms. The average Bonchev–Trinajstić information content (AvgIpc) is 2.36. The third kappa shape index (κ3) is 7.09. The lowest BCUT2D eigenvalue weighted by atomic mass is 9.72. The van der Waals surface area contributed by atoms with Crippen molar-refractivity contribution < 1.29 is 0 Å². The van der Waals surface area contributed by atoms with Gasteiger partial charge in [-0.1, -0.05) is 79.2 Å². The Labute approximate surface area is 127 Å². The van der Waals surface area contributed by atoms with Crippen molar-refractivity contribution in [2.45, 2.75) is 73.8 Å². The molecule has 0 bridgehead atoms. The summed E-state index contributed by atoms with van der Waals surface area (Å²) >= 11 is 0. The van der Waals surface area contributed by atoms with E-state index in [1.807, 2.05) is 0 Å². The maximum atomic E-state index is 5.64. The van der Waals surface area contributed by atoms with Gasteiger partial charge in [-0.15, -0.1) is 0 Å². The molecule has 1 heteroatoms.